The molecule has 2 N–H and O–H groups in total. The molecule has 5 nitrogen and oxygen atoms in total. The monoisotopic (exact) mass is 322 g/mol. The summed E-state index contributed by atoms with van der Waals surface area (Å²) < 4.78 is 21.0. The van der Waals surface area contributed by atoms with Gasteiger partial charge in [0.2, 0.25) is 0 Å². The molecule has 4 aromatic rings. The van der Waals surface area contributed by atoms with Crippen LogP contribution in [0.1, 0.15) is 5.82 Å². The van der Waals surface area contributed by atoms with Gasteiger partial charge in [-0.1, -0.05) is 12.1 Å². The van der Waals surface area contributed by atoms with E-state index in [1.165, 1.54) is 12.1 Å². The molecule has 0 aliphatic carbocycles. The number of hydrogen-bond donors (Lipinski definition) is 1. The number of ether oxygens (including phenoxy) is 1. The highest BCUT2D eigenvalue weighted by Crippen LogP contribution is 2.38. The molecule has 0 amide bonds. The summed E-state index contributed by atoms with van der Waals surface area (Å²) in [6.07, 6.45) is 0. The van der Waals surface area contributed by atoms with Gasteiger partial charge >= 0.3 is 0 Å². The Kier molecular flexibility index (Phi) is 3.13. The Labute approximate surface area is 137 Å². The number of pyridine rings is 1. The lowest BCUT2D eigenvalue weighted by Gasteiger charge is -2.14. The smallest absolute Gasteiger partial charge is 0.185 e. The van der Waals surface area contributed by atoms with Gasteiger partial charge < -0.3 is 10.5 Å². The third-order valence-corrected chi connectivity index (χ3v) is 4.16. The van der Waals surface area contributed by atoms with Crippen molar-refractivity contribution in [1.29, 1.82) is 0 Å². The fraction of sp³-hybridized carbons (Fsp3) is 0.111. The van der Waals surface area contributed by atoms with Crippen molar-refractivity contribution in [2.24, 2.45) is 0 Å². The standard InChI is InChI=1S/C18H15FN4O/c1-10-21-22-18-17(20)16(11-4-3-5-12(19)8-11)14-9-13(24-2)6-7-15(14)23(10)18/h3-9H,20H2,1-2H3. The number of aromatic nitrogens is 3. The van der Waals surface area contributed by atoms with Gasteiger partial charge in [-0.05, 0) is 42.8 Å². The molecular weight excluding hydrogens is 307 g/mol. The molecule has 0 radical (unpaired) electrons. The summed E-state index contributed by atoms with van der Waals surface area (Å²) in [4.78, 5) is 0. The van der Waals surface area contributed by atoms with Crippen molar-refractivity contribution < 1.29 is 9.13 Å². The number of aryl methyl sites for hydroxylation is 1. The minimum atomic E-state index is -0.319. The molecule has 0 saturated heterocycles. The van der Waals surface area contributed by atoms with Crippen LogP contribution in [0, 0.1) is 12.7 Å². The molecule has 2 aromatic carbocycles. The average Bonchev–Trinajstić information content (AvgIpc) is 2.97. The van der Waals surface area contributed by atoms with Crippen molar-refractivity contribution in [3.05, 3.63) is 54.1 Å². The lowest BCUT2D eigenvalue weighted by Crippen LogP contribution is -2.01. The predicted molar refractivity (Wildman–Crippen MR) is 91.6 cm³/mol. The van der Waals surface area contributed by atoms with E-state index in [1.807, 2.05) is 35.6 Å². The first-order valence-electron chi connectivity index (χ1n) is 7.47. The van der Waals surface area contributed by atoms with E-state index >= 15 is 0 Å². The minimum Gasteiger partial charge on any atom is -0.497 e. The minimum absolute atomic E-state index is 0.319. The molecule has 6 heteroatoms. The number of benzene rings is 2. The van der Waals surface area contributed by atoms with E-state index in [1.54, 1.807) is 13.2 Å². The molecule has 0 bridgehead atoms. The predicted octanol–water partition coefficient (Wildman–Crippen LogP) is 3.59. The van der Waals surface area contributed by atoms with Crippen LogP contribution in [0.5, 0.6) is 5.75 Å². The molecule has 2 aromatic heterocycles. The van der Waals surface area contributed by atoms with Crippen molar-refractivity contribution in [3.63, 3.8) is 0 Å². The lowest BCUT2D eigenvalue weighted by molar-refractivity contribution is 0.415. The number of nitrogens with two attached hydrogens (primary N) is 1. The van der Waals surface area contributed by atoms with Gasteiger partial charge in [0.15, 0.2) is 5.65 Å². The Bertz CT molecular complexity index is 1090. The fourth-order valence-corrected chi connectivity index (χ4v) is 3.07. The van der Waals surface area contributed by atoms with Crippen molar-refractivity contribution >= 4 is 22.2 Å². The van der Waals surface area contributed by atoms with Crippen LogP contribution < -0.4 is 10.5 Å². The van der Waals surface area contributed by atoms with Gasteiger partial charge in [0, 0.05) is 10.9 Å². The molecule has 2 heterocycles. The molecule has 0 atom stereocenters. The second-order valence-corrected chi connectivity index (χ2v) is 5.59. The van der Waals surface area contributed by atoms with E-state index in [0.29, 0.717) is 22.6 Å². The summed E-state index contributed by atoms with van der Waals surface area (Å²) >= 11 is 0. The SMILES string of the molecule is COc1ccc2c(c1)c(-c1cccc(F)c1)c(N)c1nnc(C)n12. The van der Waals surface area contributed by atoms with Crippen LogP contribution in [0.3, 0.4) is 0 Å². The lowest BCUT2D eigenvalue weighted by atomic mass is 9.98. The Morgan fingerprint density at radius 3 is 2.71 bits per heavy atom. The van der Waals surface area contributed by atoms with Crippen LogP contribution in [0.2, 0.25) is 0 Å². The summed E-state index contributed by atoms with van der Waals surface area (Å²) in [5.41, 5.74) is 9.71. The van der Waals surface area contributed by atoms with E-state index in [9.17, 15) is 4.39 Å². The quantitative estimate of drug-likeness (QED) is 0.612. The molecule has 0 aliphatic rings. The number of nitrogen functional groups attached to an aromatic ring is 1. The zero-order valence-corrected chi connectivity index (χ0v) is 13.2. The van der Waals surface area contributed by atoms with Crippen LogP contribution in [0.25, 0.3) is 27.7 Å². The van der Waals surface area contributed by atoms with Crippen LogP contribution >= 0.6 is 0 Å². The maximum atomic E-state index is 13.7. The maximum Gasteiger partial charge on any atom is 0.185 e. The molecule has 0 saturated carbocycles. The number of nitrogens with zero attached hydrogens (tertiary/aromatic N) is 3. The van der Waals surface area contributed by atoms with Crippen molar-refractivity contribution in [2.45, 2.75) is 6.92 Å². The van der Waals surface area contributed by atoms with E-state index in [-0.39, 0.29) is 5.82 Å². The molecule has 0 fully saturated rings. The maximum absolute atomic E-state index is 13.7. The number of fused-ring (bicyclic) bond motifs is 3. The Balaban J connectivity index is 2.22. The van der Waals surface area contributed by atoms with Crippen molar-refractivity contribution in [3.8, 4) is 16.9 Å². The van der Waals surface area contributed by atoms with Crippen LogP contribution in [0.15, 0.2) is 42.5 Å². The molecule has 0 unspecified atom stereocenters. The summed E-state index contributed by atoms with van der Waals surface area (Å²) in [5, 5.41) is 9.17. The summed E-state index contributed by atoms with van der Waals surface area (Å²) in [6, 6.07) is 12.0. The van der Waals surface area contributed by atoms with Crippen molar-refractivity contribution in [2.75, 3.05) is 12.8 Å². The van der Waals surface area contributed by atoms with Crippen LogP contribution in [0.4, 0.5) is 10.1 Å². The largest absolute Gasteiger partial charge is 0.497 e. The normalized spacial score (nSPS) is 11.3. The Hall–Kier alpha value is -3.15. The zero-order chi connectivity index (χ0) is 16.8. The van der Waals surface area contributed by atoms with Gasteiger partial charge in [0.25, 0.3) is 0 Å². The summed E-state index contributed by atoms with van der Waals surface area (Å²) in [7, 11) is 1.61. The molecule has 0 aliphatic heterocycles. The second kappa shape index (κ2) is 5.19. The van der Waals surface area contributed by atoms with Gasteiger partial charge in [-0.15, -0.1) is 10.2 Å². The summed E-state index contributed by atoms with van der Waals surface area (Å²) in [6.45, 7) is 1.87. The number of hydrogen-bond acceptors (Lipinski definition) is 4. The third-order valence-electron chi connectivity index (χ3n) is 4.16. The average molecular weight is 322 g/mol. The second-order valence-electron chi connectivity index (χ2n) is 5.59. The van der Waals surface area contributed by atoms with E-state index in [2.05, 4.69) is 10.2 Å². The van der Waals surface area contributed by atoms with Crippen LogP contribution in [-0.4, -0.2) is 21.7 Å². The van der Waals surface area contributed by atoms with Crippen LogP contribution in [-0.2, 0) is 0 Å². The van der Waals surface area contributed by atoms with Gasteiger partial charge in [0.05, 0.1) is 18.3 Å². The highest BCUT2D eigenvalue weighted by molar-refractivity contribution is 6.05. The topological polar surface area (TPSA) is 65.4 Å². The first-order chi connectivity index (χ1) is 11.6. The van der Waals surface area contributed by atoms with Gasteiger partial charge in [-0.2, -0.15) is 0 Å². The first kappa shape index (κ1) is 14.4. The highest BCUT2D eigenvalue weighted by Gasteiger charge is 2.18. The van der Waals surface area contributed by atoms with Crippen molar-refractivity contribution in [1.82, 2.24) is 14.6 Å². The molecule has 120 valence electrons. The molecule has 0 spiro atoms. The Morgan fingerprint density at radius 1 is 1.12 bits per heavy atom. The number of anilines is 1. The molecular formula is C18H15FN4O. The number of halogens is 1. The zero-order valence-electron chi connectivity index (χ0n) is 13.2. The highest BCUT2D eigenvalue weighted by atomic mass is 19.1. The van der Waals surface area contributed by atoms with Gasteiger partial charge in [0.1, 0.15) is 17.4 Å². The van der Waals surface area contributed by atoms with Gasteiger partial charge in [-0.25, -0.2) is 4.39 Å². The fourth-order valence-electron chi connectivity index (χ4n) is 3.07. The molecule has 24 heavy (non-hydrogen) atoms. The van der Waals surface area contributed by atoms with E-state index < -0.39 is 0 Å². The third kappa shape index (κ3) is 2.00. The van der Waals surface area contributed by atoms with E-state index in [4.69, 9.17) is 10.5 Å². The summed E-state index contributed by atoms with van der Waals surface area (Å²) in [5.74, 6) is 1.11. The van der Waals surface area contributed by atoms with Gasteiger partial charge in [-0.3, -0.25) is 4.40 Å². The first-order valence-corrected chi connectivity index (χ1v) is 7.47. The number of methoxy groups -OCH3 is 1. The molecule has 4 rings (SSSR count). The van der Waals surface area contributed by atoms with E-state index in [0.717, 1.165) is 22.3 Å². The Morgan fingerprint density at radius 2 is 1.96 bits per heavy atom. The number of rotatable bonds is 2.